The first-order valence-corrected chi connectivity index (χ1v) is 8.00. The van der Waals surface area contributed by atoms with Gasteiger partial charge in [-0.15, -0.1) is 0 Å². The van der Waals surface area contributed by atoms with Crippen molar-refractivity contribution in [2.45, 2.75) is 39.2 Å². The number of carbonyl (C=O) groups is 1. The van der Waals surface area contributed by atoms with Crippen LogP contribution in [0.3, 0.4) is 0 Å². The number of hydrogen-bond donors (Lipinski definition) is 1. The Labute approximate surface area is 127 Å². The van der Waals surface area contributed by atoms with Crippen LogP contribution in [0.25, 0.3) is 0 Å². The number of benzene rings is 1. The van der Waals surface area contributed by atoms with Gasteiger partial charge in [0.25, 0.3) is 5.91 Å². The van der Waals surface area contributed by atoms with Crippen molar-refractivity contribution < 1.29 is 9.53 Å². The molecule has 1 saturated heterocycles. The number of carbonyl (C=O) groups excluding carboxylic acids is 1. The molecule has 1 N–H and O–H groups in total. The molecule has 21 heavy (non-hydrogen) atoms. The van der Waals surface area contributed by atoms with E-state index in [9.17, 15) is 4.79 Å². The molecule has 0 bridgehead atoms. The Bertz CT molecular complexity index is 456. The SMILES string of the molecule is CCCOc1cccc(C(=O)N(CC)C2CCCNC2)c1. The molecule has 1 atom stereocenters. The van der Waals surface area contributed by atoms with Crippen LogP contribution < -0.4 is 10.1 Å². The maximum absolute atomic E-state index is 12.7. The third-order valence-corrected chi connectivity index (χ3v) is 3.87. The maximum atomic E-state index is 12.7. The van der Waals surface area contributed by atoms with Crippen molar-refractivity contribution >= 4 is 5.91 Å². The van der Waals surface area contributed by atoms with Crippen molar-refractivity contribution in [3.63, 3.8) is 0 Å². The van der Waals surface area contributed by atoms with Crippen LogP contribution in [0.5, 0.6) is 5.75 Å². The fourth-order valence-electron chi connectivity index (χ4n) is 2.77. The van der Waals surface area contributed by atoms with E-state index in [2.05, 4.69) is 12.2 Å². The molecule has 0 aromatic heterocycles. The first kappa shape index (κ1) is 15.8. The summed E-state index contributed by atoms with van der Waals surface area (Å²) in [7, 11) is 0. The molecule has 0 aliphatic carbocycles. The summed E-state index contributed by atoms with van der Waals surface area (Å²) in [6.07, 6.45) is 3.18. The molecule has 0 saturated carbocycles. The molecular formula is C17H26N2O2. The van der Waals surface area contributed by atoms with Crippen molar-refractivity contribution in [2.75, 3.05) is 26.2 Å². The van der Waals surface area contributed by atoms with Crippen LogP contribution in [-0.4, -0.2) is 43.1 Å². The summed E-state index contributed by atoms with van der Waals surface area (Å²) in [6, 6.07) is 7.84. The van der Waals surface area contributed by atoms with Crippen LogP contribution in [0, 0.1) is 0 Å². The summed E-state index contributed by atoms with van der Waals surface area (Å²) in [4.78, 5) is 14.7. The van der Waals surface area contributed by atoms with Gasteiger partial charge in [0, 0.05) is 24.7 Å². The Morgan fingerprint density at radius 1 is 1.43 bits per heavy atom. The molecule has 1 heterocycles. The molecule has 1 fully saturated rings. The summed E-state index contributed by atoms with van der Waals surface area (Å²) in [6.45, 7) is 7.49. The van der Waals surface area contributed by atoms with Crippen LogP contribution in [0.4, 0.5) is 0 Å². The number of nitrogens with zero attached hydrogens (tertiary/aromatic N) is 1. The van der Waals surface area contributed by atoms with Gasteiger partial charge in [-0.2, -0.15) is 0 Å². The Kier molecular flexibility index (Phi) is 6.05. The number of ether oxygens (including phenoxy) is 1. The Balaban J connectivity index is 2.09. The van der Waals surface area contributed by atoms with Gasteiger partial charge in [-0.05, 0) is 50.9 Å². The van der Waals surface area contributed by atoms with Gasteiger partial charge in [0.05, 0.1) is 6.61 Å². The van der Waals surface area contributed by atoms with Gasteiger partial charge in [0.1, 0.15) is 5.75 Å². The maximum Gasteiger partial charge on any atom is 0.254 e. The first-order valence-electron chi connectivity index (χ1n) is 8.00. The number of amides is 1. The molecule has 116 valence electrons. The second-order valence-electron chi connectivity index (χ2n) is 5.47. The van der Waals surface area contributed by atoms with Crippen molar-refractivity contribution in [1.29, 1.82) is 0 Å². The van der Waals surface area contributed by atoms with E-state index in [-0.39, 0.29) is 5.91 Å². The molecule has 1 unspecified atom stereocenters. The van der Waals surface area contributed by atoms with Gasteiger partial charge < -0.3 is 15.0 Å². The van der Waals surface area contributed by atoms with Gasteiger partial charge in [-0.25, -0.2) is 0 Å². The van der Waals surface area contributed by atoms with Gasteiger partial charge in [0.2, 0.25) is 0 Å². The molecule has 4 heteroatoms. The van der Waals surface area contributed by atoms with E-state index in [4.69, 9.17) is 4.74 Å². The molecule has 1 aromatic carbocycles. The van der Waals surface area contributed by atoms with Crippen LogP contribution in [0.15, 0.2) is 24.3 Å². The third kappa shape index (κ3) is 4.21. The highest BCUT2D eigenvalue weighted by Gasteiger charge is 2.24. The van der Waals surface area contributed by atoms with Crippen molar-refractivity contribution in [2.24, 2.45) is 0 Å². The minimum atomic E-state index is 0.105. The highest BCUT2D eigenvalue weighted by molar-refractivity contribution is 5.94. The van der Waals surface area contributed by atoms with Gasteiger partial charge in [0.15, 0.2) is 0 Å². The molecule has 1 aliphatic heterocycles. The minimum absolute atomic E-state index is 0.105. The lowest BCUT2D eigenvalue weighted by molar-refractivity contribution is 0.0661. The Hall–Kier alpha value is -1.55. The third-order valence-electron chi connectivity index (χ3n) is 3.87. The quantitative estimate of drug-likeness (QED) is 0.876. The summed E-state index contributed by atoms with van der Waals surface area (Å²) < 4.78 is 5.62. The molecule has 0 radical (unpaired) electrons. The minimum Gasteiger partial charge on any atom is -0.494 e. The van der Waals surface area contributed by atoms with Crippen molar-refractivity contribution in [3.8, 4) is 5.75 Å². The molecule has 2 rings (SSSR count). The summed E-state index contributed by atoms with van der Waals surface area (Å²) in [5, 5.41) is 3.38. The normalized spacial score (nSPS) is 18.3. The average molecular weight is 290 g/mol. The van der Waals surface area contributed by atoms with Crippen molar-refractivity contribution in [3.05, 3.63) is 29.8 Å². The molecule has 0 spiro atoms. The number of hydrogen-bond acceptors (Lipinski definition) is 3. The zero-order valence-corrected chi connectivity index (χ0v) is 13.1. The Morgan fingerprint density at radius 3 is 2.95 bits per heavy atom. The van der Waals surface area contributed by atoms with Crippen LogP contribution in [0.1, 0.15) is 43.5 Å². The fraction of sp³-hybridized carbons (Fsp3) is 0.588. The molecule has 4 nitrogen and oxygen atoms in total. The van der Waals surface area contributed by atoms with Gasteiger partial charge >= 0.3 is 0 Å². The standard InChI is InChI=1S/C17H26N2O2/c1-3-11-21-16-9-5-7-14(12-16)17(20)19(4-2)15-8-6-10-18-13-15/h5,7,9,12,15,18H,3-4,6,8,10-11,13H2,1-2H3. The second kappa shape index (κ2) is 8.03. The van der Waals surface area contributed by atoms with Gasteiger partial charge in [-0.3, -0.25) is 4.79 Å². The topological polar surface area (TPSA) is 41.6 Å². The van der Waals surface area contributed by atoms with Crippen LogP contribution >= 0.6 is 0 Å². The largest absolute Gasteiger partial charge is 0.494 e. The summed E-state index contributed by atoms with van der Waals surface area (Å²) >= 11 is 0. The Morgan fingerprint density at radius 2 is 2.29 bits per heavy atom. The predicted molar refractivity (Wildman–Crippen MR) is 84.8 cm³/mol. The molecule has 1 amide bonds. The summed E-state index contributed by atoms with van der Waals surface area (Å²) in [5.74, 6) is 0.883. The molecule has 1 aliphatic rings. The van der Waals surface area contributed by atoms with Crippen molar-refractivity contribution in [1.82, 2.24) is 10.2 Å². The molecular weight excluding hydrogens is 264 g/mol. The number of piperidine rings is 1. The van der Waals surface area contributed by atoms with E-state index in [0.717, 1.165) is 50.2 Å². The number of nitrogens with one attached hydrogen (secondary N) is 1. The van der Waals surface area contributed by atoms with E-state index in [0.29, 0.717) is 12.6 Å². The number of likely N-dealkylation sites (N-methyl/N-ethyl adjacent to an activating group) is 1. The molecule has 1 aromatic rings. The lowest BCUT2D eigenvalue weighted by atomic mass is 10.0. The zero-order chi connectivity index (χ0) is 15.1. The highest BCUT2D eigenvalue weighted by Crippen LogP contribution is 2.18. The fourth-order valence-corrected chi connectivity index (χ4v) is 2.77. The van der Waals surface area contributed by atoms with E-state index >= 15 is 0 Å². The van der Waals surface area contributed by atoms with E-state index in [1.807, 2.05) is 36.1 Å². The van der Waals surface area contributed by atoms with E-state index in [1.54, 1.807) is 0 Å². The smallest absolute Gasteiger partial charge is 0.254 e. The summed E-state index contributed by atoms with van der Waals surface area (Å²) in [5.41, 5.74) is 0.719. The van der Waals surface area contributed by atoms with Gasteiger partial charge in [-0.1, -0.05) is 13.0 Å². The predicted octanol–water partition coefficient (Wildman–Crippen LogP) is 2.69. The lowest BCUT2D eigenvalue weighted by Crippen LogP contribution is -2.48. The lowest BCUT2D eigenvalue weighted by Gasteiger charge is -2.34. The monoisotopic (exact) mass is 290 g/mol. The van der Waals surface area contributed by atoms with E-state index < -0.39 is 0 Å². The van der Waals surface area contributed by atoms with Crippen LogP contribution in [0.2, 0.25) is 0 Å². The highest BCUT2D eigenvalue weighted by atomic mass is 16.5. The average Bonchev–Trinajstić information content (AvgIpc) is 2.55. The van der Waals surface area contributed by atoms with E-state index in [1.165, 1.54) is 0 Å². The second-order valence-corrected chi connectivity index (χ2v) is 5.47. The zero-order valence-electron chi connectivity index (χ0n) is 13.1. The van der Waals surface area contributed by atoms with Crippen LogP contribution in [-0.2, 0) is 0 Å². The first-order chi connectivity index (χ1) is 10.3. The number of rotatable bonds is 6.